The van der Waals surface area contributed by atoms with Crippen LogP contribution in [0.4, 0.5) is 5.69 Å². The molecule has 0 heterocycles. The van der Waals surface area contributed by atoms with Gasteiger partial charge < -0.3 is 14.8 Å². The van der Waals surface area contributed by atoms with Gasteiger partial charge in [-0.05, 0) is 36.4 Å². The van der Waals surface area contributed by atoms with E-state index in [1.807, 2.05) is 12.1 Å². The zero-order valence-electron chi connectivity index (χ0n) is 13.6. The van der Waals surface area contributed by atoms with Gasteiger partial charge in [0.05, 0.1) is 17.5 Å². The first kappa shape index (κ1) is 19.6. The molecule has 0 unspecified atom stereocenters. The average molecular weight is 391 g/mol. The van der Waals surface area contributed by atoms with Crippen molar-refractivity contribution in [3.05, 3.63) is 53.6 Å². The summed E-state index contributed by atoms with van der Waals surface area (Å²) in [6.07, 6.45) is 0. The molecule has 2 rings (SSSR count). The fraction of sp³-hybridized carbons (Fsp3) is 0.167. The van der Waals surface area contributed by atoms with Gasteiger partial charge in [-0.2, -0.15) is 5.26 Å². The van der Waals surface area contributed by atoms with Crippen LogP contribution in [0.3, 0.4) is 0 Å². The first-order valence-corrected chi connectivity index (χ1v) is 8.87. The second-order valence-electron chi connectivity index (χ2n) is 4.89. The predicted octanol–water partition coefficient (Wildman–Crippen LogP) is 3.52. The lowest BCUT2D eigenvalue weighted by Gasteiger charge is -2.10. The molecule has 0 bridgehead atoms. The largest absolute Gasteiger partial charge is 0.482 e. The SMILES string of the molecule is N#CCSc1ccccc1NC(=O)COC(=O)COc1ccc(Cl)cc1. The maximum absolute atomic E-state index is 11.9. The third-order valence-corrected chi connectivity index (χ3v) is 4.18. The highest BCUT2D eigenvalue weighted by Gasteiger charge is 2.11. The molecule has 0 saturated heterocycles. The summed E-state index contributed by atoms with van der Waals surface area (Å²) in [4.78, 5) is 24.4. The quantitative estimate of drug-likeness (QED) is 0.548. The molecule has 0 fully saturated rings. The fourth-order valence-corrected chi connectivity index (χ4v) is 2.65. The number of halogens is 1. The fourth-order valence-electron chi connectivity index (χ4n) is 1.85. The Kier molecular flexibility index (Phi) is 7.80. The summed E-state index contributed by atoms with van der Waals surface area (Å²) in [5.41, 5.74) is 0.561. The molecule has 0 radical (unpaired) electrons. The van der Waals surface area contributed by atoms with Crippen molar-refractivity contribution in [3.63, 3.8) is 0 Å². The van der Waals surface area contributed by atoms with Crippen LogP contribution in [-0.4, -0.2) is 30.8 Å². The number of nitrogens with one attached hydrogen (secondary N) is 1. The van der Waals surface area contributed by atoms with E-state index in [2.05, 4.69) is 5.32 Å². The van der Waals surface area contributed by atoms with Gasteiger partial charge >= 0.3 is 5.97 Å². The first-order chi connectivity index (χ1) is 12.6. The summed E-state index contributed by atoms with van der Waals surface area (Å²) in [6, 6.07) is 15.6. The molecular formula is C18H15ClN2O4S. The summed E-state index contributed by atoms with van der Waals surface area (Å²) in [7, 11) is 0. The number of esters is 1. The molecule has 0 aliphatic heterocycles. The van der Waals surface area contributed by atoms with Crippen molar-refractivity contribution >= 4 is 40.9 Å². The van der Waals surface area contributed by atoms with Gasteiger partial charge in [-0.25, -0.2) is 4.79 Å². The molecule has 0 aliphatic carbocycles. The number of anilines is 1. The van der Waals surface area contributed by atoms with Gasteiger partial charge in [0.25, 0.3) is 5.91 Å². The molecule has 6 nitrogen and oxygen atoms in total. The molecule has 0 saturated carbocycles. The normalized spacial score (nSPS) is 9.85. The van der Waals surface area contributed by atoms with Crippen LogP contribution in [0.2, 0.25) is 5.02 Å². The van der Waals surface area contributed by atoms with E-state index in [9.17, 15) is 9.59 Å². The molecule has 0 aliphatic rings. The second-order valence-corrected chi connectivity index (χ2v) is 6.35. The Morgan fingerprint density at radius 1 is 1.12 bits per heavy atom. The smallest absolute Gasteiger partial charge is 0.344 e. The molecule has 26 heavy (non-hydrogen) atoms. The lowest BCUT2D eigenvalue weighted by molar-refractivity contribution is -0.149. The Morgan fingerprint density at radius 3 is 2.58 bits per heavy atom. The number of nitriles is 1. The van der Waals surface area contributed by atoms with Gasteiger partial charge in [-0.3, -0.25) is 4.79 Å². The van der Waals surface area contributed by atoms with Crippen molar-refractivity contribution in [1.29, 1.82) is 5.26 Å². The van der Waals surface area contributed by atoms with Crippen molar-refractivity contribution in [2.45, 2.75) is 4.90 Å². The molecule has 1 amide bonds. The highest BCUT2D eigenvalue weighted by Crippen LogP contribution is 2.26. The number of benzene rings is 2. The molecule has 2 aromatic rings. The minimum atomic E-state index is -0.665. The Hall–Kier alpha value is -2.69. The Balaban J connectivity index is 1.77. The zero-order chi connectivity index (χ0) is 18.8. The topological polar surface area (TPSA) is 88.4 Å². The van der Waals surface area contributed by atoms with E-state index in [-0.39, 0.29) is 12.4 Å². The standard InChI is InChI=1S/C18H15ClN2O4S/c19-13-5-7-14(8-6-13)24-12-18(23)25-11-17(22)21-15-3-1-2-4-16(15)26-10-9-20/h1-8H,10-12H2,(H,21,22). The van der Waals surface area contributed by atoms with E-state index < -0.39 is 18.5 Å². The van der Waals surface area contributed by atoms with Crippen molar-refractivity contribution in [2.75, 3.05) is 24.3 Å². The van der Waals surface area contributed by atoms with Crippen LogP contribution >= 0.6 is 23.4 Å². The lowest BCUT2D eigenvalue weighted by atomic mass is 10.3. The Labute approximate surface area is 160 Å². The van der Waals surface area contributed by atoms with Crippen molar-refractivity contribution in [3.8, 4) is 11.8 Å². The van der Waals surface area contributed by atoms with E-state index in [1.165, 1.54) is 11.8 Å². The average Bonchev–Trinajstić information content (AvgIpc) is 2.65. The molecule has 0 aromatic heterocycles. The summed E-state index contributed by atoms with van der Waals surface area (Å²) in [5, 5.41) is 11.9. The Bertz CT molecular complexity index is 806. The van der Waals surface area contributed by atoms with E-state index in [0.29, 0.717) is 16.5 Å². The minimum absolute atomic E-state index is 0.268. The van der Waals surface area contributed by atoms with Crippen LogP contribution in [0.1, 0.15) is 0 Å². The van der Waals surface area contributed by atoms with Gasteiger partial charge in [-0.1, -0.05) is 23.7 Å². The number of ether oxygens (including phenoxy) is 2. The molecule has 1 N–H and O–H groups in total. The maximum atomic E-state index is 11.9. The van der Waals surface area contributed by atoms with Crippen LogP contribution < -0.4 is 10.1 Å². The number of nitrogens with zero attached hydrogens (tertiary/aromatic N) is 1. The van der Waals surface area contributed by atoms with Gasteiger partial charge in [0.2, 0.25) is 0 Å². The van der Waals surface area contributed by atoms with Crippen LogP contribution in [0.5, 0.6) is 5.75 Å². The van der Waals surface area contributed by atoms with Crippen LogP contribution in [0, 0.1) is 11.3 Å². The van der Waals surface area contributed by atoms with E-state index >= 15 is 0 Å². The minimum Gasteiger partial charge on any atom is -0.482 e. The van der Waals surface area contributed by atoms with Crippen LogP contribution in [-0.2, 0) is 14.3 Å². The number of carbonyl (C=O) groups is 2. The number of hydrogen-bond donors (Lipinski definition) is 1. The zero-order valence-corrected chi connectivity index (χ0v) is 15.2. The third kappa shape index (κ3) is 6.67. The number of rotatable bonds is 8. The highest BCUT2D eigenvalue weighted by molar-refractivity contribution is 7.99. The molecular weight excluding hydrogens is 376 g/mol. The van der Waals surface area contributed by atoms with Crippen LogP contribution in [0.15, 0.2) is 53.4 Å². The first-order valence-electron chi connectivity index (χ1n) is 7.51. The summed E-state index contributed by atoms with van der Waals surface area (Å²) in [5.74, 6) is -0.402. The lowest BCUT2D eigenvalue weighted by Crippen LogP contribution is -2.23. The van der Waals surface area contributed by atoms with Crippen LogP contribution in [0.25, 0.3) is 0 Å². The van der Waals surface area contributed by atoms with Gasteiger partial charge in [-0.15, -0.1) is 11.8 Å². The molecule has 0 spiro atoms. The number of amides is 1. The number of hydrogen-bond acceptors (Lipinski definition) is 6. The van der Waals surface area contributed by atoms with Gasteiger partial charge in [0.15, 0.2) is 13.2 Å². The molecule has 134 valence electrons. The Morgan fingerprint density at radius 2 is 1.85 bits per heavy atom. The summed E-state index contributed by atoms with van der Waals surface area (Å²) < 4.78 is 10.1. The molecule has 8 heteroatoms. The highest BCUT2D eigenvalue weighted by atomic mass is 35.5. The van der Waals surface area contributed by atoms with E-state index in [0.717, 1.165) is 4.90 Å². The van der Waals surface area contributed by atoms with Gasteiger partial charge in [0, 0.05) is 9.92 Å². The number of para-hydroxylation sites is 1. The third-order valence-electron chi connectivity index (χ3n) is 2.99. The van der Waals surface area contributed by atoms with Crippen molar-refractivity contribution in [1.82, 2.24) is 0 Å². The predicted molar refractivity (Wildman–Crippen MR) is 99.3 cm³/mol. The van der Waals surface area contributed by atoms with Crippen molar-refractivity contribution in [2.24, 2.45) is 0 Å². The van der Waals surface area contributed by atoms with E-state index in [4.69, 9.17) is 26.3 Å². The summed E-state index contributed by atoms with van der Waals surface area (Å²) >= 11 is 7.06. The molecule has 2 aromatic carbocycles. The van der Waals surface area contributed by atoms with Crippen molar-refractivity contribution < 1.29 is 19.1 Å². The monoisotopic (exact) mass is 390 g/mol. The maximum Gasteiger partial charge on any atom is 0.344 e. The second kappa shape index (κ2) is 10.3. The summed E-state index contributed by atoms with van der Waals surface area (Å²) in [6.45, 7) is -0.746. The van der Waals surface area contributed by atoms with E-state index in [1.54, 1.807) is 42.5 Å². The van der Waals surface area contributed by atoms with Gasteiger partial charge in [0.1, 0.15) is 5.75 Å². The number of thioether (sulfide) groups is 1. The number of carbonyl (C=O) groups excluding carboxylic acids is 2. The molecule has 0 atom stereocenters.